The number of rotatable bonds is 3. The molecule has 3 rings (SSSR count). The average Bonchev–Trinajstić information content (AvgIpc) is 2.82. The zero-order chi connectivity index (χ0) is 12.4. The Balaban J connectivity index is 1.78. The van der Waals surface area contributed by atoms with Gasteiger partial charge in [0.2, 0.25) is 0 Å². The molecule has 3 nitrogen and oxygen atoms in total. The van der Waals surface area contributed by atoms with Gasteiger partial charge in [-0.3, -0.25) is 0 Å². The first-order valence-corrected chi connectivity index (χ1v) is 6.30. The van der Waals surface area contributed by atoms with Gasteiger partial charge in [0.25, 0.3) is 0 Å². The number of hydrogen-bond donors (Lipinski definition) is 2. The lowest BCUT2D eigenvalue weighted by atomic mass is 10.0. The number of nitrogens with one attached hydrogen (secondary N) is 1. The summed E-state index contributed by atoms with van der Waals surface area (Å²) < 4.78 is 5.23. The maximum absolute atomic E-state index is 9.69. The van der Waals surface area contributed by atoms with Crippen LogP contribution in [0.1, 0.15) is 5.56 Å². The fourth-order valence-corrected chi connectivity index (χ4v) is 2.43. The third-order valence-electron chi connectivity index (χ3n) is 3.49. The Hall–Kier alpha value is -1.42. The highest BCUT2D eigenvalue weighted by molar-refractivity contribution is 5.85. The van der Waals surface area contributed by atoms with Gasteiger partial charge in [-0.2, -0.15) is 0 Å². The Morgan fingerprint density at radius 2 is 1.94 bits per heavy atom. The summed E-state index contributed by atoms with van der Waals surface area (Å²) in [7, 11) is 0. The minimum Gasteiger partial charge on any atom is -0.389 e. The van der Waals surface area contributed by atoms with Crippen LogP contribution in [0.15, 0.2) is 42.5 Å². The van der Waals surface area contributed by atoms with Crippen LogP contribution in [0.25, 0.3) is 10.8 Å². The van der Waals surface area contributed by atoms with Crippen molar-refractivity contribution in [2.75, 3.05) is 13.2 Å². The zero-order valence-electron chi connectivity index (χ0n) is 10.2. The molecule has 1 saturated heterocycles. The molecule has 18 heavy (non-hydrogen) atoms. The van der Waals surface area contributed by atoms with Gasteiger partial charge in [0.1, 0.15) is 0 Å². The Bertz CT molecular complexity index is 536. The van der Waals surface area contributed by atoms with Gasteiger partial charge in [0.15, 0.2) is 0 Å². The summed E-state index contributed by atoms with van der Waals surface area (Å²) in [4.78, 5) is 0. The smallest absolute Gasteiger partial charge is 0.0948 e. The number of aliphatic hydroxyl groups excluding tert-OH is 1. The third kappa shape index (κ3) is 2.25. The average molecular weight is 243 g/mol. The van der Waals surface area contributed by atoms with Gasteiger partial charge >= 0.3 is 0 Å². The van der Waals surface area contributed by atoms with Crippen molar-refractivity contribution in [2.45, 2.75) is 18.7 Å². The molecule has 2 atom stereocenters. The van der Waals surface area contributed by atoms with Crippen LogP contribution in [0.4, 0.5) is 0 Å². The van der Waals surface area contributed by atoms with Crippen LogP contribution in [0, 0.1) is 0 Å². The van der Waals surface area contributed by atoms with E-state index in [1.54, 1.807) is 0 Å². The lowest BCUT2D eigenvalue weighted by Gasteiger charge is -2.15. The van der Waals surface area contributed by atoms with E-state index in [0.717, 1.165) is 6.54 Å². The van der Waals surface area contributed by atoms with E-state index in [9.17, 15) is 5.11 Å². The molecular weight excluding hydrogens is 226 g/mol. The Labute approximate surface area is 106 Å². The molecule has 94 valence electrons. The lowest BCUT2D eigenvalue weighted by Crippen LogP contribution is -2.38. The highest BCUT2D eigenvalue weighted by Crippen LogP contribution is 2.18. The summed E-state index contributed by atoms with van der Waals surface area (Å²) in [6.07, 6.45) is -0.389. The second-order valence-electron chi connectivity index (χ2n) is 4.73. The summed E-state index contributed by atoms with van der Waals surface area (Å²) >= 11 is 0. The van der Waals surface area contributed by atoms with E-state index in [1.807, 2.05) is 6.07 Å². The molecule has 1 aliphatic heterocycles. The quantitative estimate of drug-likeness (QED) is 0.862. The normalized spacial score (nSPS) is 23.6. The maximum atomic E-state index is 9.69. The van der Waals surface area contributed by atoms with Crippen LogP contribution in [0.5, 0.6) is 0 Å². The van der Waals surface area contributed by atoms with Crippen molar-refractivity contribution >= 4 is 10.8 Å². The van der Waals surface area contributed by atoms with E-state index >= 15 is 0 Å². The van der Waals surface area contributed by atoms with Gasteiger partial charge in [-0.25, -0.2) is 0 Å². The van der Waals surface area contributed by atoms with Crippen LogP contribution in [0.3, 0.4) is 0 Å². The van der Waals surface area contributed by atoms with Gasteiger partial charge in [0, 0.05) is 6.54 Å². The second kappa shape index (κ2) is 5.06. The zero-order valence-corrected chi connectivity index (χ0v) is 10.2. The first kappa shape index (κ1) is 11.7. The molecule has 0 radical (unpaired) electrons. The summed E-state index contributed by atoms with van der Waals surface area (Å²) in [5.74, 6) is 0. The molecule has 1 aliphatic rings. The molecule has 2 unspecified atom stereocenters. The minimum absolute atomic E-state index is 0.0453. The fraction of sp³-hybridized carbons (Fsp3) is 0.333. The van der Waals surface area contributed by atoms with Crippen molar-refractivity contribution < 1.29 is 9.84 Å². The van der Waals surface area contributed by atoms with Crippen LogP contribution in [0.2, 0.25) is 0 Å². The lowest BCUT2D eigenvalue weighted by molar-refractivity contribution is 0.122. The van der Waals surface area contributed by atoms with Crippen LogP contribution in [-0.2, 0) is 11.3 Å². The van der Waals surface area contributed by atoms with Gasteiger partial charge in [-0.1, -0.05) is 42.5 Å². The number of ether oxygens (including phenoxy) is 1. The van der Waals surface area contributed by atoms with E-state index in [2.05, 4.69) is 41.7 Å². The van der Waals surface area contributed by atoms with Crippen molar-refractivity contribution in [3.8, 4) is 0 Å². The van der Waals surface area contributed by atoms with Gasteiger partial charge in [-0.05, 0) is 16.3 Å². The number of hydrogen-bond acceptors (Lipinski definition) is 3. The Morgan fingerprint density at radius 3 is 2.78 bits per heavy atom. The van der Waals surface area contributed by atoms with Gasteiger partial charge < -0.3 is 15.2 Å². The van der Waals surface area contributed by atoms with E-state index in [-0.39, 0.29) is 12.1 Å². The molecule has 0 bridgehead atoms. The second-order valence-corrected chi connectivity index (χ2v) is 4.73. The van der Waals surface area contributed by atoms with E-state index in [0.29, 0.717) is 13.2 Å². The van der Waals surface area contributed by atoms with Crippen LogP contribution in [-0.4, -0.2) is 30.5 Å². The van der Waals surface area contributed by atoms with E-state index in [4.69, 9.17) is 4.74 Å². The third-order valence-corrected chi connectivity index (χ3v) is 3.49. The molecule has 3 heteroatoms. The highest BCUT2D eigenvalue weighted by atomic mass is 16.5. The van der Waals surface area contributed by atoms with Crippen molar-refractivity contribution in [1.82, 2.24) is 5.32 Å². The van der Waals surface area contributed by atoms with Crippen molar-refractivity contribution in [3.63, 3.8) is 0 Å². The van der Waals surface area contributed by atoms with Gasteiger partial charge in [0.05, 0.1) is 25.4 Å². The molecule has 0 spiro atoms. The van der Waals surface area contributed by atoms with Crippen LogP contribution < -0.4 is 5.32 Å². The molecule has 1 fully saturated rings. The van der Waals surface area contributed by atoms with Crippen molar-refractivity contribution in [2.24, 2.45) is 0 Å². The van der Waals surface area contributed by atoms with Gasteiger partial charge in [-0.15, -0.1) is 0 Å². The monoisotopic (exact) mass is 243 g/mol. The summed E-state index contributed by atoms with van der Waals surface area (Å²) in [5, 5.41) is 15.6. The number of aliphatic hydroxyl groups is 1. The molecular formula is C15H17NO2. The molecule has 0 aliphatic carbocycles. The first-order chi connectivity index (χ1) is 8.84. The molecule has 0 saturated carbocycles. The molecule has 1 heterocycles. The number of benzene rings is 2. The summed E-state index contributed by atoms with van der Waals surface area (Å²) in [5.41, 5.74) is 1.26. The molecule has 0 aromatic heterocycles. The molecule has 2 aromatic carbocycles. The Morgan fingerprint density at radius 1 is 1.11 bits per heavy atom. The number of fused-ring (bicyclic) bond motifs is 1. The fourth-order valence-electron chi connectivity index (χ4n) is 2.43. The van der Waals surface area contributed by atoms with E-state index in [1.165, 1.54) is 16.3 Å². The molecule has 2 aromatic rings. The minimum atomic E-state index is -0.389. The summed E-state index contributed by atoms with van der Waals surface area (Å²) in [6, 6.07) is 14.7. The molecule has 2 N–H and O–H groups in total. The SMILES string of the molecule is OC1COCC1NCc1cccc2ccccc12. The standard InChI is InChI=1S/C15H17NO2/c17-15-10-18-9-14(15)16-8-12-6-3-5-11-4-1-2-7-13(11)12/h1-7,14-17H,8-10H2. The topological polar surface area (TPSA) is 41.5 Å². The highest BCUT2D eigenvalue weighted by Gasteiger charge is 2.25. The first-order valence-electron chi connectivity index (χ1n) is 6.30. The largest absolute Gasteiger partial charge is 0.389 e. The maximum Gasteiger partial charge on any atom is 0.0948 e. The Kier molecular flexibility index (Phi) is 3.28. The van der Waals surface area contributed by atoms with E-state index < -0.39 is 0 Å². The molecule has 0 amide bonds. The van der Waals surface area contributed by atoms with Crippen LogP contribution >= 0.6 is 0 Å². The predicted molar refractivity (Wildman–Crippen MR) is 71.4 cm³/mol. The van der Waals surface area contributed by atoms with Crippen molar-refractivity contribution in [1.29, 1.82) is 0 Å². The summed E-state index contributed by atoms with van der Waals surface area (Å²) in [6.45, 7) is 1.78. The predicted octanol–water partition coefficient (Wildman–Crippen LogP) is 1.69. The van der Waals surface area contributed by atoms with Crippen molar-refractivity contribution in [3.05, 3.63) is 48.0 Å².